The number of benzene rings is 1. The maximum absolute atomic E-state index is 12.5. The lowest BCUT2D eigenvalue weighted by atomic mass is 9.71. The van der Waals surface area contributed by atoms with Crippen molar-refractivity contribution >= 4 is 5.97 Å². The second-order valence-electron chi connectivity index (χ2n) is 8.26. The van der Waals surface area contributed by atoms with Crippen molar-refractivity contribution in [2.75, 3.05) is 32.7 Å². The van der Waals surface area contributed by atoms with Gasteiger partial charge in [-0.1, -0.05) is 30.7 Å². The van der Waals surface area contributed by atoms with E-state index in [-0.39, 0.29) is 0 Å². The van der Waals surface area contributed by atoms with Gasteiger partial charge in [-0.25, -0.2) is 4.79 Å². The lowest BCUT2D eigenvalue weighted by Gasteiger charge is -2.47. The third kappa shape index (κ3) is 2.89. The molecule has 1 N–H and O–H groups in total. The number of carboxylic acid groups (broad SMARTS) is 1. The van der Waals surface area contributed by atoms with Crippen LogP contribution in [0.5, 0.6) is 0 Å². The molecule has 1 unspecified atom stereocenters. The minimum Gasteiger partial charge on any atom is -0.480 e. The molecular weight excluding hydrogens is 312 g/mol. The van der Waals surface area contributed by atoms with E-state index in [9.17, 15) is 9.90 Å². The van der Waals surface area contributed by atoms with Crippen LogP contribution in [0.25, 0.3) is 0 Å². The molecule has 4 saturated heterocycles. The molecule has 1 aromatic carbocycles. The molecule has 4 nitrogen and oxygen atoms in total. The molecule has 1 aromatic rings. The van der Waals surface area contributed by atoms with Gasteiger partial charge in [0.25, 0.3) is 0 Å². The maximum atomic E-state index is 12.5. The Morgan fingerprint density at radius 1 is 1.08 bits per heavy atom. The molecule has 4 fully saturated rings. The normalized spacial score (nSPS) is 32.3. The van der Waals surface area contributed by atoms with E-state index in [1.165, 1.54) is 37.9 Å². The highest BCUT2D eigenvalue weighted by Gasteiger charge is 2.45. The molecule has 0 aliphatic carbocycles. The first-order chi connectivity index (χ1) is 12.1. The van der Waals surface area contributed by atoms with Gasteiger partial charge in [-0.15, -0.1) is 0 Å². The molecule has 0 amide bonds. The number of likely N-dealkylation sites (tertiary alicyclic amines) is 1. The molecule has 5 rings (SSSR count). The summed E-state index contributed by atoms with van der Waals surface area (Å²) < 4.78 is 0. The Morgan fingerprint density at radius 2 is 1.76 bits per heavy atom. The van der Waals surface area contributed by atoms with Gasteiger partial charge in [-0.05, 0) is 81.7 Å². The van der Waals surface area contributed by atoms with E-state index in [0.717, 1.165) is 38.0 Å². The highest BCUT2D eigenvalue weighted by molar-refractivity contribution is 5.81. The van der Waals surface area contributed by atoms with Crippen molar-refractivity contribution in [2.45, 2.75) is 50.5 Å². The highest BCUT2D eigenvalue weighted by Crippen LogP contribution is 2.43. The summed E-state index contributed by atoms with van der Waals surface area (Å²) in [6.45, 7) is 7.23. The molecule has 0 aromatic heterocycles. The van der Waals surface area contributed by atoms with Crippen molar-refractivity contribution in [1.29, 1.82) is 0 Å². The Morgan fingerprint density at radius 3 is 2.36 bits per heavy atom. The highest BCUT2D eigenvalue weighted by atomic mass is 16.4. The standard InChI is InChI=1S/C21H30N2O2/c1-21(20(24)25,23-11-5-2-6-12-23)19-8-4-3-7-17(19)18-15-22-13-9-16(18)10-14-22/h3-4,7-8,16,18H,2,5-6,9-15H2,1H3,(H,24,25)/t18?,21-/m1/s1. The Balaban J connectivity index is 1.74. The minimum atomic E-state index is -0.914. The predicted molar refractivity (Wildman–Crippen MR) is 98.8 cm³/mol. The van der Waals surface area contributed by atoms with Crippen molar-refractivity contribution in [2.24, 2.45) is 5.92 Å². The smallest absolute Gasteiger partial charge is 0.328 e. The van der Waals surface area contributed by atoms with Crippen LogP contribution in [-0.4, -0.2) is 53.6 Å². The van der Waals surface area contributed by atoms with Gasteiger partial charge in [-0.2, -0.15) is 0 Å². The van der Waals surface area contributed by atoms with Crippen molar-refractivity contribution in [3.8, 4) is 0 Å². The summed E-state index contributed by atoms with van der Waals surface area (Å²) in [5, 5.41) is 10.2. The molecule has 0 saturated carbocycles. The summed E-state index contributed by atoms with van der Waals surface area (Å²) in [7, 11) is 0. The van der Waals surface area contributed by atoms with Gasteiger partial charge >= 0.3 is 5.97 Å². The fraction of sp³-hybridized carbons (Fsp3) is 0.667. The average molecular weight is 342 g/mol. The summed E-state index contributed by atoms with van der Waals surface area (Å²) in [5.41, 5.74) is 1.40. The molecule has 2 atom stereocenters. The van der Waals surface area contributed by atoms with Crippen molar-refractivity contribution < 1.29 is 9.90 Å². The minimum absolute atomic E-state index is 0.488. The fourth-order valence-electron chi connectivity index (χ4n) is 5.34. The van der Waals surface area contributed by atoms with Gasteiger partial charge in [0.05, 0.1) is 0 Å². The van der Waals surface area contributed by atoms with E-state index in [0.29, 0.717) is 11.8 Å². The van der Waals surface area contributed by atoms with Crippen LogP contribution in [0.4, 0.5) is 0 Å². The Kier molecular flexibility index (Phi) is 4.59. The van der Waals surface area contributed by atoms with Crippen molar-refractivity contribution in [1.82, 2.24) is 9.80 Å². The number of fused-ring (bicyclic) bond motifs is 3. The monoisotopic (exact) mass is 342 g/mol. The van der Waals surface area contributed by atoms with Crippen LogP contribution in [0.1, 0.15) is 56.1 Å². The van der Waals surface area contributed by atoms with E-state index in [4.69, 9.17) is 0 Å². The first-order valence-electron chi connectivity index (χ1n) is 9.91. The van der Waals surface area contributed by atoms with E-state index in [1.807, 2.05) is 13.0 Å². The lowest BCUT2D eigenvalue weighted by Crippen LogP contribution is -2.53. The number of nitrogens with zero attached hydrogens (tertiary/aromatic N) is 2. The third-order valence-electron chi connectivity index (χ3n) is 6.95. The average Bonchev–Trinajstić information content (AvgIpc) is 2.68. The first kappa shape index (κ1) is 17.0. The topological polar surface area (TPSA) is 43.8 Å². The number of aliphatic carboxylic acids is 1. The Bertz CT molecular complexity index is 633. The first-order valence-corrected chi connectivity index (χ1v) is 9.91. The van der Waals surface area contributed by atoms with Crippen LogP contribution in [-0.2, 0) is 10.3 Å². The zero-order valence-electron chi connectivity index (χ0n) is 15.3. The van der Waals surface area contributed by atoms with Crippen LogP contribution >= 0.6 is 0 Å². The molecule has 4 aliphatic heterocycles. The Hall–Kier alpha value is -1.39. The number of carbonyl (C=O) groups is 1. The van der Waals surface area contributed by atoms with Crippen LogP contribution < -0.4 is 0 Å². The van der Waals surface area contributed by atoms with Crippen LogP contribution in [0.15, 0.2) is 24.3 Å². The van der Waals surface area contributed by atoms with E-state index in [1.54, 1.807) is 0 Å². The van der Waals surface area contributed by atoms with E-state index in [2.05, 4.69) is 28.0 Å². The Labute approximate surface area is 150 Å². The van der Waals surface area contributed by atoms with E-state index < -0.39 is 11.5 Å². The quantitative estimate of drug-likeness (QED) is 0.912. The molecule has 4 aliphatic rings. The van der Waals surface area contributed by atoms with Crippen LogP contribution in [0.3, 0.4) is 0 Å². The number of hydrogen-bond donors (Lipinski definition) is 1. The fourth-order valence-corrected chi connectivity index (χ4v) is 5.34. The number of rotatable bonds is 4. The summed E-state index contributed by atoms with van der Waals surface area (Å²) in [4.78, 5) is 17.2. The van der Waals surface area contributed by atoms with E-state index >= 15 is 0 Å². The number of carboxylic acids is 1. The molecule has 136 valence electrons. The van der Waals surface area contributed by atoms with Crippen LogP contribution in [0.2, 0.25) is 0 Å². The SMILES string of the molecule is C[C@](C(=O)O)(c1ccccc1C1CN2CCC1CC2)N1CCCCC1. The maximum Gasteiger partial charge on any atom is 0.328 e. The molecule has 2 bridgehead atoms. The van der Waals surface area contributed by atoms with Gasteiger partial charge < -0.3 is 10.0 Å². The number of piperidine rings is 4. The summed E-state index contributed by atoms with van der Waals surface area (Å²) >= 11 is 0. The summed E-state index contributed by atoms with van der Waals surface area (Å²) in [6, 6.07) is 8.39. The van der Waals surface area contributed by atoms with Gasteiger partial charge in [-0.3, -0.25) is 4.90 Å². The molecule has 0 radical (unpaired) electrons. The van der Waals surface area contributed by atoms with Gasteiger partial charge in [0.15, 0.2) is 0 Å². The largest absolute Gasteiger partial charge is 0.480 e. The van der Waals surface area contributed by atoms with Crippen molar-refractivity contribution in [3.63, 3.8) is 0 Å². The molecule has 4 heteroatoms. The predicted octanol–water partition coefficient (Wildman–Crippen LogP) is 3.28. The molecule has 25 heavy (non-hydrogen) atoms. The summed E-state index contributed by atoms with van der Waals surface area (Å²) in [6.07, 6.45) is 5.93. The molecule has 4 heterocycles. The zero-order valence-corrected chi connectivity index (χ0v) is 15.3. The third-order valence-corrected chi connectivity index (χ3v) is 6.95. The second kappa shape index (κ2) is 6.73. The van der Waals surface area contributed by atoms with Crippen molar-refractivity contribution in [3.05, 3.63) is 35.4 Å². The van der Waals surface area contributed by atoms with Gasteiger partial charge in [0.1, 0.15) is 5.54 Å². The van der Waals surface area contributed by atoms with Gasteiger partial charge in [0, 0.05) is 6.54 Å². The number of hydrogen-bond acceptors (Lipinski definition) is 3. The van der Waals surface area contributed by atoms with Gasteiger partial charge in [0.2, 0.25) is 0 Å². The lowest BCUT2D eigenvalue weighted by molar-refractivity contribution is -0.152. The second-order valence-corrected chi connectivity index (χ2v) is 8.26. The molecular formula is C21H30N2O2. The van der Waals surface area contributed by atoms with Crippen LogP contribution in [0, 0.1) is 5.92 Å². The summed E-state index contributed by atoms with van der Waals surface area (Å²) in [5.74, 6) is 0.496. The zero-order chi connectivity index (χ0) is 17.4. The molecule has 0 spiro atoms.